The van der Waals surface area contributed by atoms with E-state index in [1.54, 1.807) is 11.3 Å². The molecule has 126 valence electrons. The summed E-state index contributed by atoms with van der Waals surface area (Å²) in [5, 5.41) is 0. The second-order valence-electron chi connectivity index (χ2n) is 6.87. The van der Waals surface area contributed by atoms with E-state index in [9.17, 15) is 4.79 Å². The average molecular weight is 341 g/mol. The molecule has 0 aromatic carbocycles. The fraction of sp³-hybridized carbons (Fsp3) is 0.474. The molecule has 0 bridgehead atoms. The predicted octanol–water partition coefficient (Wildman–Crippen LogP) is 3.23. The number of aromatic nitrogens is 1. The third-order valence-corrected chi connectivity index (χ3v) is 6.31. The molecule has 0 radical (unpaired) electrons. The van der Waals surface area contributed by atoms with Crippen LogP contribution in [0.25, 0.3) is 0 Å². The van der Waals surface area contributed by atoms with Gasteiger partial charge in [-0.25, -0.2) is 4.98 Å². The SMILES string of the molecule is C[C@H]1CCc2sc(C(=O)N3CCN(c4ccccn4)CC3)cc2C1. The van der Waals surface area contributed by atoms with Crippen molar-refractivity contribution in [3.8, 4) is 0 Å². The molecule has 1 atom stereocenters. The molecule has 24 heavy (non-hydrogen) atoms. The number of hydrogen-bond donors (Lipinski definition) is 0. The monoisotopic (exact) mass is 341 g/mol. The Hall–Kier alpha value is -1.88. The first-order valence-corrected chi connectivity index (χ1v) is 9.59. The van der Waals surface area contributed by atoms with Crippen LogP contribution in [0.4, 0.5) is 5.82 Å². The van der Waals surface area contributed by atoms with Gasteiger partial charge in [0.2, 0.25) is 0 Å². The lowest BCUT2D eigenvalue weighted by atomic mass is 9.90. The molecule has 1 aliphatic carbocycles. The Balaban J connectivity index is 1.42. The van der Waals surface area contributed by atoms with Crippen LogP contribution in [0, 0.1) is 5.92 Å². The maximum Gasteiger partial charge on any atom is 0.264 e. The minimum absolute atomic E-state index is 0.211. The van der Waals surface area contributed by atoms with Gasteiger partial charge in [-0.2, -0.15) is 0 Å². The topological polar surface area (TPSA) is 36.4 Å². The van der Waals surface area contributed by atoms with E-state index in [0.29, 0.717) is 0 Å². The number of carbonyl (C=O) groups is 1. The summed E-state index contributed by atoms with van der Waals surface area (Å²) in [6.07, 6.45) is 5.35. The van der Waals surface area contributed by atoms with Gasteiger partial charge in [-0.15, -0.1) is 11.3 Å². The highest BCUT2D eigenvalue weighted by molar-refractivity contribution is 7.14. The third kappa shape index (κ3) is 3.05. The van der Waals surface area contributed by atoms with E-state index in [1.807, 2.05) is 29.3 Å². The molecular formula is C19H23N3OS. The summed E-state index contributed by atoms with van der Waals surface area (Å²) in [6.45, 7) is 5.55. The van der Waals surface area contributed by atoms with Crippen molar-refractivity contribution in [2.24, 2.45) is 5.92 Å². The van der Waals surface area contributed by atoms with Crippen molar-refractivity contribution in [2.45, 2.75) is 26.2 Å². The van der Waals surface area contributed by atoms with Crippen LogP contribution in [0.5, 0.6) is 0 Å². The van der Waals surface area contributed by atoms with Gasteiger partial charge in [-0.1, -0.05) is 13.0 Å². The van der Waals surface area contributed by atoms with Crippen molar-refractivity contribution >= 4 is 23.1 Å². The van der Waals surface area contributed by atoms with Crippen molar-refractivity contribution in [1.29, 1.82) is 0 Å². The van der Waals surface area contributed by atoms with Crippen LogP contribution in [0.15, 0.2) is 30.5 Å². The second-order valence-corrected chi connectivity index (χ2v) is 8.01. The Kier molecular flexibility index (Phi) is 4.27. The molecule has 5 heteroatoms. The van der Waals surface area contributed by atoms with Gasteiger partial charge in [0.15, 0.2) is 0 Å². The molecular weight excluding hydrogens is 318 g/mol. The zero-order valence-electron chi connectivity index (χ0n) is 14.1. The number of rotatable bonds is 2. The van der Waals surface area contributed by atoms with Gasteiger partial charge < -0.3 is 9.80 Å². The van der Waals surface area contributed by atoms with Crippen LogP contribution in [0.3, 0.4) is 0 Å². The highest BCUT2D eigenvalue weighted by Gasteiger charge is 2.26. The lowest BCUT2D eigenvalue weighted by Crippen LogP contribution is -2.48. The Labute approximate surface area is 147 Å². The van der Waals surface area contributed by atoms with E-state index in [0.717, 1.165) is 55.6 Å². The standard InChI is InChI=1S/C19H23N3OS/c1-14-5-6-16-15(12-14)13-17(24-16)19(23)22-10-8-21(9-11-22)18-4-2-3-7-20-18/h2-4,7,13-14H,5-6,8-12H2,1H3/t14-/m0/s1. The number of nitrogens with zero attached hydrogens (tertiary/aromatic N) is 3. The van der Waals surface area contributed by atoms with Crippen molar-refractivity contribution in [3.63, 3.8) is 0 Å². The van der Waals surface area contributed by atoms with Crippen molar-refractivity contribution in [2.75, 3.05) is 31.1 Å². The maximum absolute atomic E-state index is 12.8. The molecule has 2 aliphatic rings. The first kappa shape index (κ1) is 15.6. The van der Waals surface area contributed by atoms with Crippen LogP contribution in [-0.2, 0) is 12.8 Å². The van der Waals surface area contributed by atoms with E-state index < -0.39 is 0 Å². The molecule has 4 nitrogen and oxygen atoms in total. The lowest BCUT2D eigenvalue weighted by molar-refractivity contribution is 0.0751. The normalized spacial score (nSPS) is 20.8. The van der Waals surface area contributed by atoms with Crippen molar-refractivity contribution in [1.82, 2.24) is 9.88 Å². The van der Waals surface area contributed by atoms with Gasteiger partial charge in [0.05, 0.1) is 4.88 Å². The fourth-order valence-corrected chi connectivity index (χ4v) is 4.82. The minimum Gasteiger partial charge on any atom is -0.353 e. The summed E-state index contributed by atoms with van der Waals surface area (Å²) in [4.78, 5) is 23.9. The zero-order valence-corrected chi connectivity index (χ0v) is 14.9. The summed E-state index contributed by atoms with van der Waals surface area (Å²) in [5.74, 6) is 1.96. The second kappa shape index (κ2) is 6.55. The Morgan fingerprint density at radius 3 is 2.83 bits per heavy atom. The van der Waals surface area contributed by atoms with Gasteiger partial charge in [0, 0.05) is 37.3 Å². The highest BCUT2D eigenvalue weighted by Crippen LogP contribution is 2.32. The van der Waals surface area contributed by atoms with E-state index in [-0.39, 0.29) is 5.91 Å². The van der Waals surface area contributed by atoms with Crippen LogP contribution in [0.2, 0.25) is 0 Å². The third-order valence-electron chi connectivity index (χ3n) is 5.08. The largest absolute Gasteiger partial charge is 0.353 e. The first-order chi connectivity index (χ1) is 11.7. The number of pyridine rings is 1. The van der Waals surface area contributed by atoms with E-state index in [2.05, 4.69) is 22.9 Å². The predicted molar refractivity (Wildman–Crippen MR) is 97.9 cm³/mol. The number of carbonyl (C=O) groups excluding carboxylic acids is 1. The molecule has 4 rings (SSSR count). The number of hydrogen-bond acceptors (Lipinski definition) is 4. The van der Waals surface area contributed by atoms with Crippen molar-refractivity contribution < 1.29 is 4.79 Å². The van der Waals surface area contributed by atoms with E-state index >= 15 is 0 Å². The zero-order chi connectivity index (χ0) is 16.5. The molecule has 0 unspecified atom stereocenters. The number of anilines is 1. The molecule has 1 aliphatic heterocycles. The van der Waals surface area contributed by atoms with Gasteiger partial charge >= 0.3 is 0 Å². The summed E-state index contributed by atoms with van der Waals surface area (Å²) in [6, 6.07) is 8.13. The summed E-state index contributed by atoms with van der Waals surface area (Å²) < 4.78 is 0. The van der Waals surface area contributed by atoms with E-state index in [1.165, 1.54) is 16.9 Å². The summed E-state index contributed by atoms with van der Waals surface area (Å²) in [7, 11) is 0. The van der Waals surface area contributed by atoms with Crippen LogP contribution in [-0.4, -0.2) is 42.0 Å². The van der Waals surface area contributed by atoms with Crippen molar-refractivity contribution in [3.05, 3.63) is 45.8 Å². The molecule has 2 aromatic heterocycles. The van der Waals surface area contributed by atoms with Crippen LogP contribution >= 0.6 is 11.3 Å². The molecule has 3 heterocycles. The number of amides is 1. The number of fused-ring (bicyclic) bond motifs is 1. The molecule has 1 amide bonds. The highest BCUT2D eigenvalue weighted by atomic mass is 32.1. The summed E-state index contributed by atoms with van der Waals surface area (Å²) in [5.41, 5.74) is 1.41. The smallest absolute Gasteiger partial charge is 0.264 e. The van der Waals surface area contributed by atoms with Gasteiger partial charge in [0.25, 0.3) is 5.91 Å². The quantitative estimate of drug-likeness (QED) is 0.841. The molecule has 0 spiro atoms. The average Bonchev–Trinajstić information content (AvgIpc) is 3.05. The maximum atomic E-state index is 12.8. The first-order valence-electron chi connectivity index (χ1n) is 8.77. The van der Waals surface area contributed by atoms with E-state index in [4.69, 9.17) is 0 Å². The summed E-state index contributed by atoms with van der Waals surface area (Å²) >= 11 is 1.72. The van der Waals surface area contributed by atoms with Gasteiger partial charge in [-0.05, 0) is 48.9 Å². The number of piperazine rings is 1. The van der Waals surface area contributed by atoms with Crippen LogP contribution in [0.1, 0.15) is 33.5 Å². The number of aryl methyl sites for hydroxylation is 1. The Morgan fingerprint density at radius 1 is 1.25 bits per heavy atom. The minimum atomic E-state index is 0.211. The number of thiophene rings is 1. The fourth-order valence-electron chi connectivity index (χ4n) is 3.65. The molecule has 1 fully saturated rings. The Bertz CT molecular complexity index is 719. The van der Waals surface area contributed by atoms with Gasteiger partial charge in [-0.3, -0.25) is 4.79 Å². The molecule has 0 saturated carbocycles. The molecule has 0 N–H and O–H groups in total. The van der Waals surface area contributed by atoms with Gasteiger partial charge in [0.1, 0.15) is 5.82 Å². The van der Waals surface area contributed by atoms with Crippen LogP contribution < -0.4 is 4.90 Å². The lowest BCUT2D eigenvalue weighted by Gasteiger charge is -2.35. The Morgan fingerprint density at radius 2 is 2.08 bits per heavy atom. The molecule has 1 saturated heterocycles. The molecule has 2 aromatic rings.